The number of aliphatic imine (C=N–C) groups is 1. The topological polar surface area (TPSA) is 49.3 Å². The number of benzene rings is 1. The lowest BCUT2D eigenvalue weighted by Gasteiger charge is -2.17. The molecule has 4 nitrogen and oxygen atoms in total. The number of guanidine groups is 1. The fourth-order valence-electron chi connectivity index (χ4n) is 2.74. The maximum absolute atomic E-state index is 4.69. The lowest BCUT2D eigenvalue weighted by atomic mass is 10.1. The van der Waals surface area contributed by atoms with Gasteiger partial charge in [-0.15, -0.1) is 35.3 Å². The van der Waals surface area contributed by atoms with Crippen LogP contribution in [0.4, 0.5) is 0 Å². The highest BCUT2D eigenvalue weighted by Crippen LogP contribution is 2.17. The molecule has 26 heavy (non-hydrogen) atoms. The molecule has 0 aliphatic heterocycles. The highest BCUT2D eigenvalue weighted by molar-refractivity contribution is 14.0. The molecule has 2 aromatic rings. The zero-order chi connectivity index (χ0) is 18.1. The van der Waals surface area contributed by atoms with Crippen molar-refractivity contribution in [3.8, 4) is 0 Å². The number of hydrogen-bond donors (Lipinski definition) is 2. The standard InChI is InChI=1S/C20H30N4S.HI/c1-5-18-16(3)25-19(24-18)13-14-22-20(21-4)23-15(2)11-12-17-9-7-6-8-10-17;/h6-10,15H,5,11-14H2,1-4H3,(H2,21,22,23);1H. The molecule has 144 valence electrons. The van der Waals surface area contributed by atoms with E-state index >= 15 is 0 Å². The van der Waals surface area contributed by atoms with Gasteiger partial charge in [0, 0.05) is 30.9 Å². The van der Waals surface area contributed by atoms with Gasteiger partial charge in [0.1, 0.15) is 0 Å². The van der Waals surface area contributed by atoms with E-state index in [9.17, 15) is 0 Å². The van der Waals surface area contributed by atoms with Crippen molar-refractivity contribution in [1.82, 2.24) is 15.6 Å². The van der Waals surface area contributed by atoms with Gasteiger partial charge >= 0.3 is 0 Å². The molecule has 0 saturated heterocycles. The average Bonchev–Trinajstić information content (AvgIpc) is 2.99. The Kier molecular flexibility index (Phi) is 10.8. The normalized spacial score (nSPS) is 12.4. The molecular weight excluding hydrogens is 455 g/mol. The molecule has 6 heteroatoms. The van der Waals surface area contributed by atoms with E-state index in [-0.39, 0.29) is 24.0 Å². The van der Waals surface area contributed by atoms with Gasteiger partial charge in [-0.05, 0) is 38.7 Å². The van der Waals surface area contributed by atoms with Crippen molar-refractivity contribution in [2.75, 3.05) is 13.6 Å². The van der Waals surface area contributed by atoms with Crippen LogP contribution in [0.15, 0.2) is 35.3 Å². The maximum Gasteiger partial charge on any atom is 0.191 e. The largest absolute Gasteiger partial charge is 0.356 e. The molecule has 1 unspecified atom stereocenters. The van der Waals surface area contributed by atoms with Crippen LogP contribution in [0.1, 0.15) is 41.4 Å². The minimum absolute atomic E-state index is 0. The molecule has 1 heterocycles. The van der Waals surface area contributed by atoms with Crippen molar-refractivity contribution < 1.29 is 0 Å². The van der Waals surface area contributed by atoms with Gasteiger partial charge in [0.25, 0.3) is 0 Å². The SMILES string of the molecule is CCc1nc(CCNC(=NC)NC(C)CCc2ccccc2)sc1C.I. The first-order chi connectivity index (χ1) is 12.1. The summed E-state index contributed by atoms with van der Waals surface area (Å²) >= 11 is 1.81. The fourth-order valence-corrected chi connectivity index (χ4v) is 3.76. The van der Waals surface area contributed by atoms with E-state index in [1.807, 2.05) is 7.05 Å². The summed E-state index contributed by atoms with van der Waals surface area (Å²) in [5, 5.41) is 8.08. The number of nitrogens with one attached hydrogen (secondary N) is 2. The second-order valence-electron chi connectivity index (χ2n) is 6.28. The molecule has 0 fully saturated rings. The molecule has 0 radical (unpaired) electrons. The Morgan fingerprint density at radius 1 is 1.23 bits per heavy atom. The van der Waals surface area contributed by atoms with Crippen LogP contribution in [0.5, 0.6) is 0 Å². The third kappa shape index (κ3) is 7.61. The number of aryl methyl sites for hydroxylation is 3. The number of aromatic nitrogens is 1. The summed E-state index contributed by atoms with van der Waals surface area (Å²) < 4.78 is 0. The Hall–Kier alpha value is -1.15. The summed E-state index contributed by atoms with van der Waals surface area (Å²) in [5.74, 6) is 0.865. The average molecular weight is 486 g/mol. The molecular formula is C20H31IN4S. The fraction of sp³-hybridized carbons (Fsp3) is 0.500. The predicted molar refractivity (Wildman–Crippen MR) is 124 cm³/mol. The Labute approximate surface area is 179 Å². The maximum atomic E-state index is 4.69. The number of rotatable bonds is 8. The molecule has 0 amide bonds. The third-order valence-corrected chi connectivity index (χ3v) is 5.29. The molecule has 1 aromatic heterocycles. The van der Waals surface area contributed by atoms with Gasteiger partial charge in [0.2, 0.25) is 0 Å². The number of thiazole rings is 1. The van der Waals surface area contributed by atoms with Gasteiger partial charge in [-0.2, -0.15) is 0 Å². The molecule has 0 saturated carbocycles. The third-order valence-electron chi connectivity index (χ3n) is 4.22. The number of halogens is 1. The summed E-state index contributed by atoms with van der Waals surface area (Å²) in [7, 11) is 1.82. The van der Waals surface area contributed by atoms with E-state index in [4.69, 9.17) is 4.98 Å². The molecule has 2 rings (SSSR count). The van der Waals surface area contributed by atoms with Gasteiger partial charge < -0.3 is 10.6 Å². The predicted octanol–water partition coefficient (Wildman–Crippen LogP) is 4.36. The van der Waals surface area contributed by atoms with E-state index in [0.717, 1.165) is 38.2 Å². The highest BCUT2D eigenvalue weighted by Gasteiger charge is 2.08. The summed E-state index contributed by atoms with van der Waals surface area (Å²) in [6, 6.07) is 11.0. The van der Waals surface area contributed by atoms with E-state index in [2.05, 4.69) is 66.7 Å². The zero-order valence-electron chi connectivity index (χ0n) is 16.2. The molecule has 0 aliphatic rings. The van der Waals surface area contributed by atoms with E-state index < -0.39 is 0 Å². The summed E-state index contributed by atoms with van der Waals surface area (Å²) in [6.45, 7) is 7.36. The first-order valence-corrected chi connectivity index (χ1v) is 9.90. The van der Waals surface area contributed by atoms with Crippen LogP contribution in [0.25, 0.3) is 0 Å². The minimum atomic E-state index is 0. The van der Waals surface area contributed by atoms with Crippen LogP contribution < -0.4 is 10.6 Å². The van der Waals surface area contributed by atoms with Crippen molar-refractivity contribution in [3.63, 3.8) is 0 Å². The Morgan fingerprint density at radius 2 is 1.96 bits per heavy atom. The first kappa shape index (κ1) is 22.9. The van der Waals surface area contributed by atoms with Gasteiger partial charge in [-0.25, -0.2) is 4.98 Å². The van der Waals surface area contributed by atoms with E-state index in [1.54, 1.807) is 11.3 Å². The monoisotopic (exact) mass is 486 g/mol. The van der Waals surface area contributed by atoms with Crippen molar-refractivity contribution >= 4 is 41.3 Å². The molecule has 0 aliphatic carbocycles. The van der Waals surface area contributed by atoms with Crippen molar-refractivity contribution in [2.24, 2.45) is 4.99 Å². The minimum Gasteiger partial charge on any atom is -0.356 e. The summed E-state index contributed by atoms with van der Waals surface area (Å²) in [4.78, 5) is 10.4. The molecule has 0 bridgehead atoms. The van der Waals surface area contributed by atoms with Crippen LogP contribution in [0.3, 0.4) is 0 Å². The first-order valence-electron chi connectivity index (χ1n) is 9.08. The number of nitrogens with zero attached hydrogens (tertiary/aromatic N) is 2. The van der Waals surface area contributed by atoms with Crippen LogP contribution in [-0.4, -0.2) is 30.6 Å². The van der Waals surface area contributed by atoms with Gasteiger partial charge in [0.05, 0.1) is 10.7 Å². The van der Waals surface area contributed by atoms with E-state index in [0.29, 0.717) is 6.04 Å². The second kappa shape index (κ2) is 12.3. The number of hydrogen-bond acceptors (Lipinski definition) is 3. The molecule has 0 spiro atoms. The Bertz CT molecular complexity index is 670. The van der Waals surface area contributed by atoms with Crippen LogP contribution in [0.2, 0.25) is 0 Å². The lowest BCUT2D eigenvalue weighted by molar-refractivity contribution is 0.593. The smallest absolute Gasteiger partial charge is 0.191 e. The second-order valence-corrected chi connectivity index (χ2v) is 7.57. The van der Waals surface area contributed by atoms with Gasteiger partial charge in [-0.1, -0.05) is 37.3 Å². The van der Waals surface area contributed by atoms with E-state index in [1.165, 1.54) is 21.1 Å². The van der Waals surface area contributed by atoms with Gasteiger partial charge in [-0.3, -0.25) is 4.99 Å². The molecule has 1 atom stereocenters. The Morgan fingerprint density at radius 3 is 2.58 bits per heavy atom. The van der Waals surface area contributed by atoms with Crippen LogP contribution in [0, 0.1) is 6.92 Å². The van der Waals surface area contributed by atoms with Crippen molar-refractivity contribution in [3.05, 3.63) is 51.5 Å². The molecule has 1 aromatic carbocycles. The highest BCUT2D eigenvalue weighted by atomic mass is 127. The summed E-state index contributed by atoms with van der Waals surface area (Å²) in [6.07, 6.45) is 4.10. The quantitative estimate of drug-likeness (QED) is 0.331. The van der Waals surface area contributed by atoms with Crippen molar-refractivity contribution in [2.45, 2.75) is 52.5 Å². The summed E-state index contributed by atoms with van der Waals surface area (Å²) in [5.41, 5.74) is 2.61. The molecule has 2 N–H and O–H groups in total. The van der Waals surface area contributed by atoms with Gasteiger partial charge in [0.15, 0.2) is 5.96 Å². The Balaban J connectivity index is 0.00000338. The van der Waals surface area contributed by atoms with Crippen molar-refractivity contribution in [1.29, 1.82) is 0 Å². The lowest BCUT2D eigenvalue weighted by Crippen LogP contribution is -2.43. The van der Waals surface area contributed by atoms with Crippen LogP contribution >= 0.6 is 35.3 Å². The zero-order valence-corrected chi connectivity index (χ0v) is 19.4. The van der Waals surface area contributed by atoms with Crippen LogP contribution in [-0.2, 0) is 19.3 Å².